The number of nitrogens with zero attached hydrogens (tertiary/aromatic N) is 1. The molecule has 1 amide bonds. The summed E-state index contributed by atoms with van der Waals surface area (Å²) in [5.41, 5.74) is 1.38. The molecule has 2 aromatic carbocycles. The van der Waals surface area contributed by atoms with Gasteiger partial charge in [-0.25, -0.2) is 4.79 Å². The lowest BCUT2D eigenvalue weighted by Crippen LogP contribution is -2.30. The molecule has 0 aliphatic heterocycles. The lowest BCUT2D eigenvalue weighted by atomic mass is 9.89. The first-order valence-corrected chi connectivity index (χ1v) is 7.69. The van der Waals surface area contributed by atoms with Crippen molar-refractivity contribution in [2.45, 2.75) is 12.0 Å². The second kappa shape index (κ2) is 7.10. The molecule has 3 aromatic rings. The van der Waals surface area contributed by atoms with Crippen LogP contribution < -0.4 is 5.32 Å². The van der Waals surface area contributed by atoms with E-state index in [1.54, 1.807) is 24.4 Å². The second-order valence-corrected chi connectivity index (χ2v) is 5.60. The third-order valence-corrected chi connectivity index (χ3v) is 4.05. The summed E-state index contributed by atoms with van der Waals surface area (Å²) in [6.45, 7) is 0.103. The lowest BCUT2D eigenvalue weighted by molar-refractivity contribution is 0.136. The monoisotopic (exact) mass is 322 g/mol. The van der Waals surface area contributed by atoms with Crippen LogP contribution in [0.15, 0.2) is 66.9 Å². The summed E-state index contributed by atoms with van der Waals surface area (Å²) in [7, 11) is 0. The highest BCUT2D eigenvalue weighted by atomic mass is 16.4. The van der Waals surface area contributed by atoms with Crippen molar-refractivity contribution in [2.75, 3.05) is 6.54 Å². The first kappa shape index (κ1) is 16.0. The van der Waals surface area contributed by atoms with Gasteiger partial charge in [0.25, 0.3) is 0 Å². The number of hydrogen-bond acceptors (Lipinski definition) is 3. The summed E-state index contributed by atoms with van der Waals surface area (Å²) in [4.78, 5) is 15.1. The normalized spacial score (nSPS) is 13.4. The van der Waals surface area contributed by atoms with Gasteiger partial charge in [0.15, 0.2) is 0 Å². The molecule has 3 rings (SSSR count). The van der Waals surface area contributed by atoms with Crippen LogP contribution in [0.4, 0.5) is 4.79 Å². The second-order valence-electron chi connectivity index (χ2n) is 5.60. The molecule has 0 fully saturated rings. The summed E-state index contributed by atoms with van der Waals surface area (Å²) in [6.07, 6.45) is -0.408. The fraction of sp³-hybridized carbons (Fsp3) is 0.158. The van der Waals surface area contributed by atoms with Gasteiger partial charge in [-0.15, -0.1) is 0 Å². The van der Waals surface area contributed by atoms with E-state index in [0.717, 1.165) is 16.3 Å². The molecular formula is C19H18N2O3. The molecule has 1 aromatic heterocycles. The first-order valence-electron chi connectivity index (χ1n) is 7.69. The Morgan fingerprint density at radius 2 is 1.79 bits per heavy atom. The molecular weight excluding hydrogens is 304 g/mol. The standard InChI is InChI=1S/C19H18N2O3/c22-18(17-7-3-4-10-20-17)16(12-21-19(23)24)15-9-8-13-5-1-2-6-14(13)11-15/h1-11,16,18,21-22H,12H2,(H,23,24). The van der Waals surface area contributed by atoms with Gasteiger partial charge in [-0.05, 0) is 28.5 Å². The molecule has 1 heterocycles. The van der Waals surface area contributed by atoms with Crippen molar-refractivity contribution in [3.05, 3.63) is 78.1 Å². The van der Waals surface area contributed by atoms with E-state index in [-0.39, 0.29) is 6.54 Å². The van der Waals surface area contributed by atoms with Crippen molar-refractivity contribution in [2.24, 2.45) is 0 Å². The number of amides is 1. The average molecular weight is 322 g/mol. The Labute approximate surface area is 139 Å². The topological polar surface area (TPSA) is 82.5 Å². The summed E-state index contributed by atoms with van der Waals surface area (Å²) in [5.74, 6) is -0.430. The van der Waals surface area contributed by atoms with Crippen LogP contribution in [0.1, 0.15) is 23.3 Å². The van der Waals surface area contributed by atoms with Gasteiger partial charge in [-0.1, -0.05) is 48.5 Å². The van der Waals surface area contributed by atoms with E-state index in [1.165, 1.54) is 0 Å². The number of carboxylic acid groups (broad SMARTS) is 1. The van der Waals surface area contributed by atoms with Crippen molar-refractivity contribution in [1.82, 2.24) is 10.3 Å². The highest BCUT2D eigenvalue weighted by molar-refractivity contribution is 5.83. The van der Waals surface area contributed by atoms with Gasteiger partial charge < -0.3 is 15.5 Å². The molecule has 0 radical (unpaired) electrons. The molecule has 5 nitrogen and oxygen atoms in total. The van der Waals surface area contributed by atoms with Gasteiger partial charge in [0.1, 0.15) is 6.10 Å². The molecule has 0 saturated carbocycles. The Morgan fingerprint density at radius 3 is 2.50 bits per heavy atom. The Balaban J connectivity index is 1.97. The quantitative estimate of drug-likeness (QED) is 0.673. The predicted molar refractivity (Wildman–Crippen MR) is 91.9 cm³/mol. The zero-order valence-corrected chi connectivity index (χ0v) is 13.0. The SMILES string of the molecule is O=C(O)NCC(c1ccc2ccccc2c1)C(O)c1ccccn1. The Bertz CT molecular complexity index is 836. The largest absolute Gasteiger partial charge is 0.465 e. The fourth-order valence-corrected chi connectivity index (χ4v) is 2.80. The van der Waals surface area contributed by atoms with Crippen LogP contribution in [0.3, 0.4) is 0 Å². The Hall–Kier alpha value is -2.92. The maximum Gasteiger partial charge on any atom is 0.404 e. The van der Waals surface area contributed by atoms with Crippen molar-refractivity contribution in [1.29, 1.82) is 0 Å². The van der Waals surface area contributed by atoms with E-state index in [4.69, 9.17) is 5.11 Å². The smallest absolute Gasteiger partial charge is 0.404 e. The molecule has 0 aliphatic carbocycles. The van der Waals surface area contributed by atoms with Crippen molar-refractivity contribution < 1.29 is 15.0 Å². The van der Waals surface area contributed by atoms with Crippen LogP contribution in [0.2, 0.25) is 0 Å². The average Bonchev–Trinajstić information content (AvgIpc) is 2.62. The van der Waals surface area contributed by atoms with E-state index < -0.39 is 18.1 Å². The molecule has 3 N–H and O–H groups in total. The van der Waals surface area contributed by atoms with Gasteiger partial charge in [0, 0.05) is 18.7 Å². The van der Waals surface area contributed by atoms with Gasteiger partial charge >= 0.3 is 6.09 Å². The zero-order valence-electron chi connectivity index (χ0n) is 13.0. The maximum absolute atomic E-state index is 10.9. The molecule has 0 spiro atoms. The predicted octanol–water partition coefficient (Wildman–Crippen LogP) is 3.32. The first-order chi connectivity index (χ1) is 11.6. The number of carbonyl (C=O) groups is 1. The molecule has 0 saturated heterocycles. The van der Waals surface area contributed by atoms with E-state index in [0.29, 0.717) is 5.69 Å². The van der Waals surface area contributed by atoms with Crippen LogP contribution >= 0.6 is 0 Å². The van der Waals surface area contributed by atoms with E-state index in [1.807, 2.05) is 42.5 Å². The molecule has 122 valence electrons. The maximum atomic E-state index is 10.9. The zero-order chi connectivity index (χ0) is 16.9. The van der Waals surface area contributed by atoms with Crippen molar-refractivity contribution in [3.63, 3.8) is 0 Å². The summed E-state index contributed by atoms with van der Waals surface area (Å²) < 4.78 is 0. The third kappa shape index (κ3) is 3.52. The van der Waals surface area contributed by atoms with E-state index in [2.05, 4.69) is 10.3 Å². The van der Waals surface area contributed by atoms with E-state index in [9.17, 15) is 9.90 Å². The number of aliphatic hydroxyl groups excluding tert-OH is 1. The number of rotatable bonds is 5. The third-order valence-electron chi connectivity index (χ3n) is 4.05. The number of fused-ring (bicyclic) bond motifs is 1. The molecule has 2 unspecified atom stereocenters. The summed E-state index contributed by atoms with van der Waals surface area (Å²) >= 11 is 0. The van der Waals surface area contributed by atoms with Gasteiger partial charge in [0.05, 0.1) is 5.69 Å². The number of aromatic nitrogens is 1. The molecule has 0 bridgehead atoms. The van der Waals surface area contributed by atoms with E-state index >= 15 is 0 Å². The number of pyridine rings is 1. The summed E-state index contributed by atoms with van der Waals surface area (Å²) in [5, 5.41) is 24.2. The van der Waals surface area contributed by atoms with Crippen LogP contribution in [-0.2, 0) is 0 Å². The Kier molecular flexibility index (Phi) is 4.72. The van der Waals surface area contributed by atoms with Crippen molar-refractivity contribution in [3.8, 4) is 0 Å². The van der Waals surface area contributed by atoms with Gasteiger partial charge in [0.2, 0.25) is 0 Å². The van der Waals surface area contributed by atoms with Crippen LogP contribution in [0.5, 0.6) is 0 Å². The van der Waals surface area contributed by atoms with Crippen LogP contribution in [-0.4, -0.2) is 27.8 Å². The fourth-order valence-electron chi connectivity index (χ4n) is 2.80. The summed E-state index contributed by atoms with van der Waals surface area (Å²) in [6, 6.07) is 19.1. The molecule has 0 aliphatic rings. The van der Waals surface area contributed by atoms with Gasteiger partial charge in [-0.3, -0.25) is 4.98 Å². The number of aliphatic hydroxyl groups is 1. The number of hydrogen-bond donors (Lipinski definition) is 3. The molecule has 5 heteroatoms. The van der Waals surface area contributed by atoms with Gasteiger partial charge in [-0.2, -0.15) is 0 Å². The highest BCUT2D eigenvalue weighted by Gasteiger charge is 2.24. The van der Waals surface area contributed by atoms with Crippen LogP contribution in [0.25, 0.3) is 10.8 Å². The lowest BCUT2D eigenvalue weighted by Gasteiger charge is -2.23. The molecule has 24 heavy (non-hydrogen) atoms. The highest BCUT2D eigenvalue weighted by Crippen LogP contribution is 2.31. The number of benzene rings is 2. The van der Waals surface area contributed by atoms with Crippen LogP contribution in [0, 0.1) is 0 Å². The minimum absolute atomic E-state index is 0.103. The Morgan fingerprint density at radius 1 is 1.04 bits per heavy atom. The minimum atomic E-state index is -1.12. The van der Waals surface area contributed by atoms with Crippen molar-refractivity contribution >= 4 is 16.9 Å². The number of nitrogens with one attached hydrogen (secondary N) is 1. The molecule has 2 atom stereocenters. The minimum Gasteiger partial charge on any atom is -0.465 e.